The Morgan fingerprint density at radius 2 is 1.88 bits per heavy atom. The van der Waals surface area contributed by atoms with E-state index >= 15 is 0 Å². The van der Waals surface area contributed by atoms with Crippen molar-refractivity contribution in [3.05, 3.63) is 104 Å². The maximum absolute atomic E-state index is 13.5. The number of anilines is 1. The number of hydrogen-bond donors (Lipinski definition) is 1. The molecule has 0 amide bonds. The number of allylic oxidation sites excluding steroid dienone is 1. The number of nitrogens with one attached hydrogen (secondary N) is 1. The number of nitrogens with zero attached hydrogens (tertiary/aromatic N) is 3. The van der Waals surface area contributed by atoms with Crippen LogP contribution in [-0.2, 0) is 21.7 Å². The molecule has 3 aromatic carbocycles. The zero-order valence-corrected chi connectivity index (χ0v) is 27.4. The fourth-order valence-electron chi connectivity index (χ4n) is 4.75. The first-order valence-electron chi connectivity index (χ1n) is 13.8. The van der Waals surface area contributed by atoms with Gasteiger partial charge < -0.3 is 19.5 Å². The number of methoxy groups -OCH3 is 1. The number of thioether (sulfide) groups is 1. The quantitative estimate of drug-likeness (QED) is 0.126. The molecule has 1 atom stereocenters. The van der Waals surface area contributed by atoms with E-state index in [0.29, 0.717) is 55.7 Å². The molecule has 0 saturated carbocycles. The molecule has 1 aliphatic rings. The van der Waals surface area contributed by atoms with Crippen molar-refractivity contribution < 1.29 is 19.0 Å². The summed E-state index contributed by atoms with van der Waals surface area (Å²) in [5.41, 5.74) is 3.99. The summed E-state index contributed by atoms with van der Waals surface area (Å²) in [5, 5.41) is 9.31. The van der Waals surface area contributed by atoms with Crippen LogP contribution in [0.2, 0.25) is 5.02 Å². The van der Waals surface area contributed by atoms with Gasteiger partial charge in [0.15, 0.2) is 11.5 Å². The van der Waals surface area contributed by atoms with Gasteiger partial charge in [-0.1, -0.05) is 71.9 Å². The highest BCUT2D eigenvalue weighted by atomic mass is 79.9. The molecule has 0 saturated heterocycles. The highest BCUT2D eigenvalue weighted by Gasteiger charge is 2.36. The Hall–Kier alpha value is -3.47. The van der Waals surface area contributed by atoms with Crippen molar-refractivity contribution in [2.24, 2.45) is 0 Å². The minimum atomic E-state index is -0.631. The molecule has 4 aromatic rings. The van der Waals surface area contributed by atoms with Crippen molar-refractivity contribution in [3.8, 4) is 11.5 Å². The first-order valence-corrected chi connectivity index (χ1v) is 16.0. The number of aromatic nitrogens is 3. The molecule has 0 aliphatic carbocycles. The van der Waals surface area contributed by atoms with Gasteiger partial charge in [0.2, 0.25) is 11.1 Å². The van der Waals surface area contributed by atoms with Gasteiger partial charge in [0.1, 0.15) is 6.04 Å². The number of fused-ring (bicyclic) bond motifs is 1. The van der Waals surface area contributed by atoms with Crippen LogP contribution < -0.4 is 14.8 Å². The van der Waals surface area contributed by atoms with E-state index in [1.165, 1.54) is 17.3 Å². The molecule has 224 valence electrons. The number of carbonyl (C=O) groups excluding carboxylic acids is 1. The van der Waals surface area contributed by atoms with Crippen molar-refractivity contribution in [1.29, 1.82) is 0 Å². The summed E-state index contributed by atoms with van der Waals surface area (Å²) in [4.78, 5) is 18.2. The summed E-state index contributed by atoms with van der Waals surface area (Å²) in [6, 6.07) is 21.0. The van der Waals surface area contributed by atoms with Gasteiger partial charge in [-0.2, -0.15) is 4.98 Å². The molecule has 8 nitrogen and oxygen atoms in total. The number of halogens is 2. The SMILES string of the molecule is COc1cc(C2C(C(=O)OC(C)C)=C(C)Nc3nc(SCc4ccccc4Cl)nn32)cc(Br)c1OCCc1ccccc1. The highest BCUT2D eigenvalue weighted by molar-refractivity contribution is 9.10. The van der Waals surface area contributed by atoms with E-state index in [2.05, 4.69) is 33.4 Å². The monoisotopic (exact) mass is 682 g/mol. The molecule has 1 aliphatic heterocycles. The summed E-state index contributed by atoms with van der Waals surface area (Å²) >= 11 is 11.5. The molecule has 5 rings (SSSR count). The van der Waals surface area contributed by atoms with Crippen LogP contribution in [-0.4, -0.2) is 40.6 Å². The molecule has 11 heteroatoms. The summed E-state index contributed by atoms with van der Waals surface area (Å²) < 4.78 is 20.0. The summed E-state index contributed by atoms with van der Waals surface area (Å²) in [6.45, 7) is 5.96. The van der Waals surface area contributed by atoms with Gasteiger partial charge in [-0.15, -0.1) is 5.10 Å². The molecular weight excluding hydrogens is 652 g/mol. The predicted octanol–water partition coefficient (Wildman–Crippen LogP) is 7.86. The van der Waals surface area contributed by atoms with Crippen molar-refractivity contribution in [2.75, 3.05) is 19.0 Å². The van der Waals surface area contributed by atoms with E-state index in [9.17, 15) is 4.79 Å². The van der Waals surface area contributed by atoms with Gasteiger partial charge in [0, 0.05) is 22.9 Å². The van der Waals surface area contributed by atoms with Crippen LogP contribution in [0.25, 0.3) is 0 Å². The standard InChI is InChI=1S/C32H32BrClN4O4S/c1-19(2)42-30(39)27-20(3)35-31-36-32(43-18-22-12-8-9-13-25(22)34)37-38(31)28(27)23-16-24(33)29(26(17-23)40-4)41-15-14-21-10-6-5-7-11-21/h5-13,16-17,19,28H,14-15,18H2,1-4H3,(H,35,36,37). The van der Waals surface area contributed by atoms with E-state index in [0.717, 1.165) is 17.5 Å². The normalized spacial score (nSPS) is 14.3. The lowest BCUT2D eigenvalue weighted by Crippen LogP contribution is -2.30. The van der Waals surface area contributed by atoms with E-state index in [1.54, 1.807) is 11.8 Å². The van der Waals surface area contributed by atoms with E-state index < -0.39 is 12.0 Å². The maximum Gasteiger partial charge on any atom is 0.338 e. The lowest BCUT2D eigenvalue weighted by atomic mass is 9.95. The second-order valence-corrected chi connectivity index (χ2v) is 12.4. The zero-order valence-electron chi connectivity index (χ0n) is 24.3. The Labute approximate surface area is 268 Å². The molecule has 0 spiro atoms. The van der Waals surface area contributed by atoms with Crippen molar-refractivity contribution in [2.45, 2.75) is 50.2 Å². The lowest BCUT2D eigenvalue weighted by Gasteiger charge is -2.29. The molecule has 1 N–H and O–H groups in total. The Morgan fingerprint density at radius 1 is 1.14 bits per heavy atom. The summed E-state index contributed by atoms with van der Waals surface area (Å²) in [5.74, 6) is 1.79. The van der Waals surface area contributed by atoms with Crippen LogP contribution in [0.4, 0.5) is 5.95 Å². The van der Waals surface area contributed by atoms with Crippen LogP contribution in [0.3, 0.4) is 0 Å². The number of hydrogen-bond acceptors (Lipinski definition) is 8. The summed E-state index contributed by atoms with van der Waals surface area (Å²) in [7, 11) is 1.59. The van der Waals surface area contributed by atoms with Gasteiger partial charge in [0.05, 0.1) is 29.9 Å². The number of carbonyl (C=O) groups is 1. The van der Waals surface area contributed by atoms with E-state index in [1.807, 2.05) is 75.4 Å². The average Bonchev–Trinajstić information content (AvgIpc) is 3.39. The average molecular weight is 684 g/mol. The number of rotatable bonds is 11. The van der Waals surface area contributed by atoms with E-state index in [4.69, 9.17) is 35.9 Å². The summed E-state index contributed by atoms with van der Waals surface area (Å²) in [6.07, 6.45) is 0.449. The fraction of sp³-hybridized carbons (Fsp3) is 0.281. The van der Waals surface area contributed by atoms with Gasteiger partial charge in [-0.3, -0.25) is 0 Å². The third kappa shape index (κ3) is 7.20. The van der Waals surface area contributed by atoms with Crippen molar-refractivity contribution in [1.82, 2.24) is 14.8 Å². The molecule has 1 unspecified atom stereocenters. The van der Waals surface area contributed by atoms with Crippen LogP contribution in [0, 0.1) is 0 Å². The Kier molecular flexibility index (Phi) is 10.00. The zero-order chi connectivity index (χ0) is 30.5. The van der Waals surface area contributed by atoms with Gasteiger partial charge >= 0.3 is 5.97 Å². The topological polar surface area (TPSA) is 87.5 Å². The minimum Gasteiger partial charge on any atom is -0.493 e. The lowest BCUT2D eigenvalue weighted by molar-refractivity contribution is -0.143. The molecule has 2 heterocycles. The van der Waals surface area contributed by atoms with Gasteiger partial charge in [-0.05, 0) is 71.6 Å². The third-order valence-electron chi connectivity index (χ3n) is 6.76. The predicted molar refractivity (Wildman–Crippen MR) is 173 cm³/mol. The third-order valence-corrected chi connectivity index (χ3v) is 8.60. The van der Waals surface area contributed by atoms with Gasteiger partial charge in [0.25, 0.3) is 0 Å². The largest absolute Gasteiger partial charge is 0.493 e. The fourth-order valence-corrected chi connectivity index (χ4v) is 6.44. The minimum absolute atomic E-state index is 0.297. The first-order chi connectivity index (χ1) is 20.7. The second kappa shape index (κ2) is 13.9. The van der Waals surface area contributed by atoms with Crippen LogP contribution in [0.1, 0.15) is 43.5 Å². The van der Waals surface area contributed by atoms with Crippen LogP contribution in [0.5, 0.6) is 11.5 Å². The number of benzene rings is 3. The van der Waals surface area contributed by atoms with E-state index in [-0.39, 0.29) is 6.10 Å². The molecule has 0 radical (unpaired) electrons. The smallest absolute Gasteiger partial charge is 0.338 e. The molecule has 43 heavy (non-hydrogen) atoms. The van der Waals surface area contributed by atoms with Crippen LogP contribution >= 0.6 is 39.3 Å². The Balaban J connectivity index is 1.49. The maximum atomic E-state index is 13.5. The highest BCUT2D eigenvalue weighted by Crippen LogP contribution is 2.43. The number of esters is 1. The van der Waals surface area contributed by atoms with Crippen molar-refractivity contribution in [3.63, 3.8) is 0 Å². The Morgan fingerprint density at radius 3 is 2.60 bits per heavy atom. The second-order valence-electron chi connectivity index (χ2n) is 10.2. The number of ether oxygens (including phenoxy) is 3. The molecule has 0 bridgehead atoms. The Bertz CT molecular complexity index is 1640. The van der Waals surface area contributed by atoms with Crippen molar-refractivity contribution >= 4 is 51.2 Å². The van der Waals surface area contributed by atoms with Gasteiger partial charge in [-0.25, -0.2) is 9.48 Å². The molecular formula is C32H32BrClN4O4S. The molecule has 1 aromatic heterocycles. The van der Waals surface area contributed by atoms with Crippen LogP contribution in [0.15, 0.2) is 87.6 Å². The molecule has 0 fully saturated rings. The first kappa shape index (κ1) is 31.0.